The van der Waals surface area contributed by atoms with Crippen molar-refractivity contribution >= 4 is 11.8 Å². The van der Waals surface area contributed by atoms with E-state index in [-0.39, 0.29) is 0 Å². The van der Waals surface area contributed by atoms with Crippen LogP contribution in [0.2, 0.25) is 0 Å². The first-order chi connectivity index (χ1) is 8.85. The van der Waals surface area contributed by atoms with Crippen LogP contribution >= 0.6 is 11.8 Å². The fraction of sp³-hybridized carbons (Fsp3) is 0.714. The van der Waals surface area contributed by atoms with E-state index in [0.717, 1.165) is 36.4 Å². The Kier molecular flexibility index (Phi) is 3.85. The van der Waals surface area contributed by atoms with Crippen LogP contribution in [0.3, 0.4) is 0 Å². The summed E-state index contributed by atoms with van der Waals surface area (Å²) in [6.07, 6.45) is 10.5. The SMILES string of the molecule is CSCc1ncc2c(n1)CCC(CNC1CC1)C2. The molecule has 0 saturated heterocycles. The van der Waals surface area contributed by atoms with E-state index in [2.05, 4.69) is 22.8 Å². The van der Waals surface area contributed by atoms with E-state index >= 15 is 0 Å². The molecule has 3 rings (SSSR count). The first kappa shape index (κ1) is 12.4. The van der Waals surface area contributed by atoms with Gasteiger partial charge in [-0.3, -0.25) is 0 Å². The largest absolute Gasteiger partial charge is 0.314 e. The van der Waals surface area contributed by atoms with Crippen LogP contribution in [0.1, 0.15) is 36.3 Å². The molecule has 1 saturated carbocycles. The van der Waals surface area contributed by atoms with Crippen LogP contribution in [0.15, 0.2) is 6.20 Å². The normalized spacial score (nSPS) is 22.8. The molecule has 2 aliphatic rings. The lowest BCUT2D eigenvalue weighted by Gasteiger charge is -2.24. The Hall–Kier alpha value is -0.610. The molecule has 0 aromatic carbocycles. The molecule has 0 bridgehead atoms. The van der Waals surface area contributed by atoms with E-state index in [1.54, 1.807) is 11.8 Å². The van der Waals surface area contributed by atoms with Crippen molar-refractivity contribution in [3.05, 3.63) is 23.3 Å². The second-order valence-corrected chi connectivity index (χ2v) is 6.35. The summed E-state index contributed by atoms with van der Waals surface area (Å²) in [5.74, 6) is 2.71. The number of rotatable bonds is 5. The van der Waals surface area contributed by atoms with Crippen molar-refractivity contribution in [2.75, 3.05) is 12.8 Å². The molecule has 1 N–H and O–H groups in total. The van der Waals surface area contributed by atoms with Crippen LogP contribution in [-0.4, -0.2) is 28.8 Å². The maximum absolute atomic E-state index is 4.69. The Morgan fingerprint density at radius 1 is 1.39 bits per heavy atom. The Balaban J connectivity index is 1.61. The molecular weight excluding hydrogens is 242 g/mol. The van der Waals surface area contributed by atoms with Crippen molar-refractivity contribution in [2.45, 2.75) is 43.9 Å². The Morgan fingerprint density at radius 2 is 2.28 bits per heavy atom. The predicted octanol–water partition coefficient (Wildman–Crippen LogP) is 2.20. The molecular formula is C14H21N3S. The van der Waals surface area contributed by atoms with Gasteiger partial charge in [-0.15, -0.1) is 0 Å². The summed E-state index contributed by atoms with van der Waals surface area (Å²) < 4.78 is 0. The number of aromatic nitrogens is 2. The highest BCUT2D eigenvalue weighted by atomic mass is 32.2. The quantitative estimate of drug-likeness (QED) is 0.884. The summed E-state index contributed by atoms with van der Waals surface area (Å²) >= 11 is 1.79. The molecule has 3 nitrogen and oxygen atoms in total. The summed E-state index contributed by atoms with van der Waals surface area (Å²) in [6.45, 7) is 1.18. The second kappa shape index (κ2) is 5.57. The van der Waals surface area contributed by atoms with E-state index in [9.17, 15) is 0 Å². The maximum Gasteiger partial charge on any atom is 0.138 e. The molecule has 2 aliphatic carbocycles. The van der Waals surface area contributed by atoms with Gasteiger partial charge in [-0.05, 0) is 56.4 Å². The molecule has 1 aromatic heterocycles. The molecule has 0 radical (unpaired) electrons. The Morgan fingerprint density at radius 3 is 3.06 bits per heavy atom. The van der Waals surface area contributed by atoms with Crippen LogP contribution in [0.5, 0.6) is 0 Å². The number of aryl methyl sites for hydroxylation is 1. The highest BCUT2D eigenvalue weighted by molar-refractivity contribution is 7.97. The van der Waals surface area contributed by atoms with Gasteiger partial charge in [-0.2, -0.15) is 11.8 Å². The highest BCUT2D eigenvalue weighted by Gasteiger charge is 2.24. The standard InChI is InChI=1S/C14H21N3S/c1-18-9-14-16-8-11-6-10(2-5-13(11)17-14)7-15-12-3-4-12/h8,10,12,15H,2-7,9H2,1H3. The number of nitrogens with one attached hydrogen (secondary N) is 1. The molecule has 18 heavy (non-hydrogen) atoms. The molecule has 0 amide bonds. The molecule has 1 unspecified atom stereocenters. The van der Waals surface area contributed by atoms with Crippen molar-refractivity contribution in [3.8, 4) is 0 Å². The molecule has 0 spiro atoms. The van der Waals surface area contributed by atoms with Crippen molar-refractivity contribution < 1.29 is 0 Å². The average molecular weight is 263 g/mol. The summed E-state index contributed by atoms with van der Waals surface area (Å²) in [5, 5.41) is 3.64. The molecule has 1 aromatic rings. The Bertz CT molecular complexity index is 418. The van der Waals surface area contributed by atoms with E-state index in [1.165, 1.54) is 37.1 Å². The molecule has 1 heterocycles. The number of thioether (sulfide) groups is 1. The van der Waals surface area contributed by atoms with E-state index in [4.69, 9.17) is 4.98 Å². The minimum atomic E-state index is 0.785. The van der Waals surface area contributed by atoms with E-state index in [1.807, 2.05) is 0 Å². The summed E-state index contributed by atoms with van der Waals surface area (Å²) in [7, 11) is 0. The van der Waals surface area contributed by atoms with E-state index in [0.29, 0.717) is 0 Å². The van der Waals surface area contributed by atoms with Gasteiger partial charge in [-0.25, -0.2) is 9.97 Å². The summed E-state index contributed by atoms with van der Waals surface area (Å²) in [6, 6.07) is 0.826. The molecule has 98 valence electrons. The van der Waals surface area contributed by atoms with Gasteiger partial charge < -0.3 is 5.32 Å². The number of hydrogen-bond donors (Lipinski definition) is 1. The van der Waals surface area contributed by atoms with Crippen LogP contribution < -0.4 is 5.32 Å². The third-order valence-corrected chi connectivity index (χ3v) is 4.39. The third-order valence-electron chi connectivity index (χ3n) is 3.85. The van der Waals surface area contributed by atoms with Gasteiger partial charge in [0.2, 0.25) is 0 Å². The second-order valence-electron chi connectivity index (χ2n) is 5.48. The minimum absolute atomic E-state index is 0.785. The zero-order chi connectivity index (χ0) is 12.4. The summed E-state index contributed by atoms with van der Waals surface area (Å²) in [5.41, 5.74) is 2.69. The first-order valence-corrected chi connectivity index (χ1v) is 8.30. The fourth-order valence-corrected chi connectivity index (χ4v) is 3.02. The molecule has 1 fully saturated rings. The van der Waals surface area contributed by atoms with Crippen LogP contribution in [0, 0.1) is 5.92 Å². The van der Waals surface area contributed by atoms with Crippen LogP contribution in [0.4, 0.5) is 0 Å². The highest BCUT2D eigenvalue weighted by Crippen LogP contribution is 2.25. The topological polar surface area (TPSA) is 37.8 Å². The zero-order valence-electron chi connectivity index (χ0n) is 11.0. The maximum atomic E-state index is 4.69. The van der Waals surface area contributed by atoms with Crippen molar-refractivity contribution in [3.63, 3.8) is 0 Å². The Labute approximate surface area is 113 Å². The smallest absolute Gasteiger partial charge is 0.138 e. The number of nitrogens with zero attached hydrogens (tertiary/aromatic N) is 2. The van der Waals surface area contributed by atoms with E-state index < -0.39 is 0 Å². The van der Waals surface area contributed by atoms with Gasteiger partial charge in [0.15, 0.2) is 0 Å². The number of fused-ring (bicyclic) bond motifs is 1. The van der Waals surface area contributed by atoms with Crippen LogP contribution in [0.25, 0.3) is 0 Å². The zero-order valence-corrected chi connectivity index (χ0v) is 11.8. The lowest BCUT2D eigenvalue weighted by Crippen LogP contribution is -2.29. The third kappa shape index (κ3) is 3.04. The molecule has 4 heteroatoms. The first-order valence-electron chi connectivity index (χ1n) is 6.91. The van der Waals surface area contributed by atoms with Gasteiger partial charge in [-0.1, -0.05) is 0 Å². The van der Waals surface area contributed by atoms with Gasteiger partial charge >= 0.3 is 0 Å². The van der Waals surface area contributed by atoms with Gasteiger partial charge in [0.1, 0.15) is 5.82 Å². The van der Waals surface area contributed by atoms with Gasteiger partial charge in [0, 0.05) is 17.9 Å². The molecule has 0 aliphatic heterocycles. The molecule has 1 atom stereocenters. The van der Waals surface area contributed by atoms with Gasteiger partial charge in [0.05, 0.1) is 5.75 Å². The van der Waals surface area contributed by atoms with Gasteiger partial charge in [0.25, 0.3) is 0 Å². The minimum Gasteiger partial charge on any atom is -0.314 e. The average Bonchev–Trinajstić information content (AvgIpc) is 3.21. The summed E-state index contributed by atoms with van der Waals surface area (Å²) in [4.78, 5) is 9.16. The lowest BCUT2D eigenvalue weighted by molar-refractivity contribution is 0.418. The number of hydrogen-bond acceptors (Lipinski definition) is 4. The lowest BCUT2D eigenvalue weighted by atomic mass is 9.87. The van der Waals surface area contributed by atoms with Crippen molar-refractivity contribution in [2.24, 2.45) is 5.92 Å². The van der Waals surface area contributed by atoms with Crippen molar-refractivity contribution in [1.82, 2.24) is 15.3 Å². The predicted molar refractivity (Wildman–Crippen MR) is 75.8 cm³/mol. The monoisotopic (exact) mass is 263 g/mol. The van der Waals surface area contributed by atoms with Crippen LogP contribution in [-0.2, 0) is 18.6 Å². The van der Waals surface area contributed by atoms with Crippen molar-refractivity contribution in [1.29, 1.82) is 0 Å². The fourth-order valence-electron chi connectivity index (χ4n) is 2.62.